The number of carbonyl (C=O) groups excluding carboxylic acids is 2. The van der Waals surface area contributed by atoms with Gasteiger partial charge in [-0.15, -0.1) is 0 Å². The van der Waals surface area contributed by atoms with E-state index in [-0.39, 0.29) is 23.8 Å². The van der Waals surface area contributed by atoms with Crippen molar-refractivity contribution >= 4 is 23.7 Å². The van der Waals surface area contributed by atoms with Crippen LogP contribution in [0.3, 0.4) is 0 Å². The number of rotatable bonds is 8. The number of aromatic nitrogens is 1. The monoisotopic (exact) mass is 481 g/mol. The molecular weight excluding hydrogens is 460 g/mol. The molecule has 1 unspecified atom stereocenters. The summed E-state index contributed by atoms with van der Waals surface area (Å²) < 4.78 is 31.5. The summed E-state index contributed by atoms with van der Waals surface area (Å²) in [6, 6.07) is 14.9. The zero-order valence-electron chi connectivity index (χ0n) is 18.3. The quantitative estimate of drug-likeness (QED) is 0.442. The van der Waals surface area contributed by atoms with Crippen LogP contribution in [0.25, 0.3) is 11.1 Å². The van der Waals surface area contributed by atoms with Gasteiger partial charge in [0, 0.05) is 18.5 Å². The first-order valence-electron chi connectivity index (χ1n) is 10.7. The van der Waals surface area contributed by atoms with Crippen LogP contribution in [0.15, 0.2) is 67.0 Å². The van der Waals surface area contributed by atoms with Crippen molar-refractivity contribution in [1.82, 2.24) is 10.3 Å². The second-order valence-electron chi connectivity index (χ2n) is 7.91. The van der Waals surface area contributed by atoms with E-state index in [1.165, 1.54) is 0 Å². The van der Waals surface area contributed by atoms with Gasteiger partial charge < -0.3 is 20.5 Å². The largest absolute Gasteiger partial charge is 0.478 e. The second-order valence-corrected chi connectivity index (χ2v) is 7.91. The minimum absolute atomic E-state index is 0.0106. The van der Waals surface area contributed by atoms with Gasteiger partial charge in [-0.05, 0) is 28.3 Å². The van der Waals surface area contributed by atoms with Gasteiger partial charge in [-0.1, -0.05) is 48.5 Å². The average molecular weight is 481 g/mol. The van der Waals surface area contributed by atoms with Crippen molar-refractivity contribution in [2.45, 2.75) is 24.8 Å². The van der Waals surface area contributed by atoms with Crippen LogP contribution in [0.2, 0.25) is 0 Å². The van der Waals surface area contributed by atoms with Gasteiger partial charge in [0.15, 0.2) is 0 Å². The first kappa shape index (κ1) is 23.8. The van der Waals surface area contributed by atoms with Crippen LogP contribution in [0.5, 0.6) is 0 Å². The number of amides is 2. The summed E-state index contributed by atoms with van der Waals surface area (Å²) in [5, 5.41) is 13.5. The van der Waals surface area contributed by atoms with Gasteiger partial charge >= 0.3 is 12.1 Å². The molecule has 0 saturated heterocycles. The Kier molecular flexibility index (Phi) is 7.00. The molecule has 1 aliphatic carbocycles. The highest BCUT2D eigenvalue weighted by atomic mass is 19.3. The van der Waals surface area contributed by atoms with Gasteiger partial charge in [0.05, 0.1) is 17.4 Å². The third-order valence-electron chi connectivity index (χ3n) is 5.62. The molecule has 1 aromatic heterocycles. The van der Waals surface area contributed by atoms with Crippen molar-refractivity contribution in [3.63, 3.8) is 0 Å². The molecule has 0 radical (unpaired) electrons. The topological polar surface area (TPSA) is 118 Å². The smallest absolute Gasteiger partial charge is 0.407 e. The predicted octanol–water partition coefficient (Wildman–Crippen LogP) is 4.28. The van der Waals surface area contributed by atoms with Gasteiger partial charge in [-0.3, -0.25) is 9.78 Å². The number of anilines is 1. The molecule has 0 spiro atoms. The van der Waals surface area contributed by atoms with E-state index in [4.69, 9.17) is 9.84 Å². The Labute approximate surface area is 199 Å². The lowest BCUT2D eigenvalue weighted by atomic mass is 9.98. The lowest BCUT2D eigenvalue weighted by Crippen LogP contribution is -2.45. The number of pyridine rings is 1. The molecule has 180 valence electrons. The standard InChI is InChI=1S/C25H21F2N3O5/c26-22(27)10-21(23(31)29-15-9-14(24(32)33)11-28-12-15)30-25(34)35-13-20-18-7-3-1-5-16(18)17-6-2-4-8-19(17)20/h1-9,11-12,20-22H,10,13H2,(H,29,31)(H,30,34)(H,32,33). The number of hydrogen-bond donors (Lipinski definition) is 3. The number of alkyl carbamates (subject to hydrolysis) is 1. The molecule has 35 heavy (non-hydrogen) atoms. The third kappa shape index (κ3) is 5.43. The van der Waals surface area contributed by atoms with E-state index in [1.807, 2.05) is 48.5 Å². The van der Waals surface area contributed by atoms with E-state index in [9.17, 15) is 23.2 Å². The molecule has 8 nitrogen and oxygen atoms in total. The molecule has 3 N–H and O–H groups in total. The zero-order chi connectivity index (χ0) is 24.9. The molecule has 0 aliphatic heterocycles. The van der Waals surface area contributed by atoms with Crippen molar-refractivity contribution in [3.05, 3.63) is 83.7 Å². The van der Waals surface area contributed by atoms with E-state index in [1.54, 1.807) is 0 Å². The maximum atomic E-state index is 13.1. The van der Waals surface area contributed by atoms with E-state index in [2.05, 4.69) is 15.6 Å². The molecule has 10 heteroatoms. The Bertz CT molecular complexity index is 1220. The first-order chi connectivity index (χ1) is 16.8. The summed E-state index contributed by atoms with van der Waals surface area (Å²) >= 11 is 0. The summed E-state index contributed by atoms with van der Waals surface area (Å²) in [6.07, 6.45) is -2.63. The van der Waals surface area contributed by atoms with Crippen molar-refractivity contribution in [2.24, 2.45) is 0 Å². The fourth-order valence-corrected chi connectivity index (χ4v) is 4.05. The molecule has 3 aromatic rings. The summed E-state index contributed by atoms with van der Waals surface area (Å²) in [5.41, 5.74) is 3.82. The highest BCUT2D eigenvalue weighted by Crippen LogP contribution is 2.44. The third-order valence-corrected chi connectivity index (χ3v) is 5.62. The van der Waals surface area contributed by atoms with Gasteiger partial charge in [-0.2, -0.15) is 0 Å². The van der Waals surface area contributed by atoms with E-state index in [0.29, 0.717) is 0 Å². The van der Waals surface area contributed by atoms with Crippen molar-refractivity contribution in [3.8, 4) is 11.1 Å². The molecule has 1 heterocycles. The minimum atomic E-state index is -2.89. The predicted molar refractivity (Wildman–Crippen MR) is 122 cm³/mol. The maximum absolute atomic E-state index is 13.1. The number of nitrogens with zero attached hydrogens (tertiary/aromatic N) is 1. The molecule has 4 rings (SSSR count). The molecule has 2 aromatic carbocycles. The average Bonchev–Trinajstić information content (AvgIpc) is 3.16. The van der Waals surface area contributed by atoms with Crippen LogP contribution < -0.4 is 10.6 Å². The number of aromatic carboxylic acids is 1. The number of nitrogens with one attached hydrogen (secondary N) is 2. The fraction of sp³-hybridized carbons (Fsp3) is 0.200. The van der Waals surface area contributed by atoms with Crippen molar-refractivity contribution in [2.75, 3.05) is 11.9 Å². The number of carboxylic acid groups (broad SMARTS) is 1. The summed E-state index contributed by atoms with van der Waals surface area (Å²) in [5.74, 6) is -2.46. The molecule has 1 atom stereocenters. The van der Waals surface area contributed by atoms with Crippen LogP contribution in [-0.4, -0.2) is 47.1 Å². The Morgan fingerprint density at radius 1 is 1.00 bits per heavy atom. The van der Waals surface area contributed by atoms with Crippen molar-refractivity contribution in [1.29, 1.82) is 0 Å². The number of alkyl halides is 2. The number of carbonyl (C=O) groups is 3. The molecule has 1 aliphatic rings. The Balaban J connectivity index is 1.42. The van der Waals surface area contributed by atoms with Gasteiger partial charge in [0.1, 0.15) is 12.6 Å². The second kappa shape index (κ2) is 10.3. The minimum Gasteiger partial charge on any atom is -0.478 e. The molecular formula is C25H21F2N3O5. The number of carboxylic acids is 1. The fourth-order valence-electron chi connectivity index (χ4n) is 4.05. The van der Waals surface area contributed by atoms with Gasteiger partial charge in [0.25, 0.3) is 0 Å². The van der Waals surface area contributed by atoms with Crippen LogP contribution in [-0.2, 0) is 9.53 Å². The molecule has 0 bridgehead atoms. The molecule has 0 fully saturated rings. The van der Waals surface area contributed by atoms with E-state index in [0.717, 1.165) is 40.7 Å². The summed E-state index contributed by atoms with van der Waals surface area (Å²) in [4.78, 5) is 39.8. The Hall–Kier alpha value is -4.34. The van der Waals surface area contributed by atoms with Crippen LogP contribution in [0.4, 0.5) is 19.3 Å². The normalized spacial score (nSPS) is 13.0. The number of fused-ring (bicyclic) bond motifs is 3. The first-order valence-corrected chi connectivity index (χ1v) is 10.7. The van der Waals surface area contributed by atoms with Crippen LogP contribution >= 0.6 is 0 Å². The highest BCUT2D eigenvalue weighted by Gasteiger charge is 2.30. The Morgan fingerprint density at radius 3 is 2.23 bits per heavy atom. The highest BCUT2D eigenvalue weighted by molar-refractivity contribution is 5.97. The molecule has 0 saturated carbocycles. The maximum Gasteiger partial charge on any atom is 0.407 e. The number of ether oxygens (including phenoxy) is 1. The van der Waals surface area contributed by atoms with Gasteiger partial charge in [0.2, 0.25) is 12.3 Å². The lowest BCUT2D eigenvalue weighted by Gasteiger charge is -2.19. The lowest BCUT2D eigenvalue weighted by molar-refractivity contribution is -0.119. The zero-order valence-corrected chi connectivity index (χ0v) is 18.3. The SMILES string of the molecule is O=C(NC(CC(F)F)C(=O)Nc1cncc(C(=O)O)c1)OCC1c2ccccc2-c2ccccc21. The number of halogens is 2. The number of benzene rings is 2. The van der Waals surface area contributed by atoms with Crippen LogP contribution in [0, 0.1) is 0 Å². The Morgan fingerprint density at radius 2 is 1.63 bits per heavy atom. The molecule has 2 amide bonds. The van der Waals surface area contributed by atoms with Gasteiger partial charge in [-0.25, -0.2) is 18.4 Å². The number of hydrogen-bond acceptors (Lipinski definition) is 5. The van der Waals surface area contributed by atoms with E-state index < -0.39 is 36.9 Å². The summed E-state index contributed by atoms with van der Waals surface area (Å²) in [6.45, 7) is -0.0482. The van der Waals surface area contributed by atoms with Crippen LogP contribution in [0.1, 0.15) is 33.8 Å². The van der Waals surface area contributed by atoms with Crippen molar-refractivity contribution < 1.29 is 33.0 Å². The van der Waals surface area contributed by atoms with E-state index >= 15 is 0 Å². The summed E-state index contributed by atoms with van der Waals surface area (Å²) in [7, 11) is 0.